The molecule has 1 aromatic carbocycles. The van der Waals surface area contributed by atoms with Gasteiger partial charge in [-0.1, -0.05) is 0 Å². The topological polar surface area (TPSA) is 58.4 Å². The van der Waals surface area contributed by atoms with Crippen molar-refractivity contribution in [2.45, 2.75) is 37.8 Å². The summed E-state index contributed by atoms with van der Waals surface area (Å²) in [4.78, 5) is 13.8. The number of rotatable bonds is 3. The number of amides is 1. The highest BCUT2D eigenvalue weighted by molar-refractivity contribution is 9.10. The lowest BCUT2D eigenvalue weighted by Gasteiger charge is -2.31. The molecule has 0 radical (unpaired) electrons. The van der Waals surface area contributed by atoms with Crippen LogP contribution in [0.5, 0.6) is 0 Å². The summed E-state index contributed by atoms with van der Waals surface area (Å²) in [5, 5.41) is 3.61. The maximum atomic E-state index is 11.3. The zero-order valence-corrected chi connectivity index (χ0v) is 13.0. The third kappa shape index (κ3) is 2.56. The van der Waals surface area contributed by atoms with Gasteiger partial charge in [-0.05, 0) is 66.4 Å². The van der Waals surface area contributed by atoms with Crippen LogP contribution in [-0.4, -0.2) is 31.1 Å². The molecule has 3 N–H and O–H groups in total. The Balaban J connectivity index is 1.84. The molecule has 2 saturated heterocycles. The number of carbonyl (C=O) groups excluding carboxylic acids is 1. The van der Waals surface area contributed by atoms with Crippen molar-refractivity contribution in [2.24, 2.45) is 5.73 Å². The van der Waals surface area contributed by atoms with Gasteiger partial charge < -0.3 is 16.0 Å². The predicted octanol–water partition coefficient (Wildman–Crippen LogP) is 2.27. The molecule has 2 aliphatic heterocycles. The number of nitrogens with one attached hydrogen (secondary N) is 1. The van der Waals surface area contributed by atoms with Gasteiger partial charge >= 0.3 is 0 Å². The van der Waals surface area contributed by atoms with E-state index in [4.69, 9.17) is 5.73 Å². The van der Waals surface area contributed by atoms with Gasteiger partial charge in [-0.2, -0.15) is 0 Å². The largest absolute Gasteiger partial charge is 0.367 e. The van der Waals surface area contributed by atoms with Crippen molar-refractivity contribution in [3.05, 3.63) is 28.2 Å². The smallest absolute Gasteiger partial charge is 0.249 e. The summed E-state index contributed by atoms with van der Waals surface area (Å²) < 4.78 is 0.785. The van der Waals surface area contributed by atoms with Crippen molar-refractivity contribution >= 4 is 27.5 Å². The Kier molecular flexibility index (Phi) is 3.98. The van der Waals surface area contributed by atoms with E-state index in [0.717, 1.165) is 17.6 Å². The molecule has 2 fully saturated rings. The molecule has 108 valence electrons. The number of hydrogen-bond acceptors (Lipinski definition) is 3. The second-order valence-corrected chi connectivity index (χ2v) is 6.49. The van der Waals surface area contributed by atoms with Crippen molar-refractivity contribution in [2.75, 3.05) is 18.0 Å². The molecule has 0 aliphatic carbocycles. The molecule has 2 atom stereocenters. The molecule has 1 amide bonds. The van der Waals surface area contributed by atoms with E-state index in [1.54, 1.807) is 0 Å². The molecule has 2 unspecified atom stereocenters. The van der Waals surface area contributed by atoms with E-state index in [0.29, 0.717) is 17.6 Å². The van der Waals surface area contributed by atoms with Crippen molar-refractivity contribution in [3.8, 4) is 0 Å². The quantitative estimate of drug-likeness (QED) is 0.889. The Morgan fingerprint density at radius 3 is 2.85 bits per heavy atom. The first kappa shape index (κ1) is 13.9. The van der Waals surface area contributed by atoms with E-state index in [1.165, 1.54) is 31.4 Å². The Morgan fingerprint density at radius 2 is 2.20 bits per heavy atom. The fraction of sp³-hybridized carbons (Fsp3) is 0.533. The van der Waals surface area contributed by atoms with Gasteiger partial charge in [-0.15, -0.1) is 0 Å². The molecule has 0 saturated carbocycles. The molecule has 20 heavy (non-hydrogen) atoms. The lowest BCUT2D eigenvalue weighted by atomic mass is 10.0. The minimum atomic E-state index is -0.390. The van der Waals surface area contributed by atoms with Gasteiger partial charge in [-0.3, -0.25) is 4.79 Å². The lowest BCUT2D eigenvalue weighted by molar-refractivity contribution is 0.0999. The summed E-state index contributed by atoms with van der Waals surface area (Å²) in [6.07, 6.45) is 5.02. The minimum absolute atomic E-state index is 0.390. The molecular formula is C15H20BrN3O. The van der Waals surface area contributed by atoms with Crippen LogP contribution in [0.1, 0.15) is 36.0 Å². The number of nitrogens with zero attached hydrogens (tertiary/aromatic N) is 1. The van der Waals surface area contributed by atoms with E-state index in [1.807, 2.05) is 18.2 Å². The summed E-state index contributed by atoms with van der Waals surface area (Å²) in [6.45, 7) is 2.23. The highest BCUT2D eigenvalue weighted by Crippen LogP contribution is 2.32. The van der Waals surface area contributed by atoms with E-state index in [-0.39, 0.29) is 5.91 Å². The summed E-state index contributed by atoms with van der Waals surface area (Å²) in [6, 6.07) is 7.03. The molecule has 2 heterocycles. The van der Waals surface area contributed by atoms with E-state index in [2.05, 4.69) is 26.1 Å². The molecule has 0 bridgehead atoms. The zero-order chi connectivity index (χ0) is 14.1. The molecule has 2 aliphatic rings. The van der Waals surface area contributed by atoms with E-state index in [9.17, 15) is 4.79 Å². The van der Waals surface area contributed by atoms with Crippen LogP contribution in [0.3, 0.4) is 0 Å². The first-order valence-electron chi connectivity index (χ1n) is 7.26. The van der Waals surface area contributed by atoms with Gasteiger partial charge in [0.25, 0.3) is 0 Å². The van der Waals surface area contributed by atoms with Crippen molar-refractivity contribution in [3.63, 3.8) is 0 Å². The summed E-state index contributed by atoms with van der Waals surface area (Å²) >= 11 is 3.46. The van der Waals surface area contributed by atoms with Crippen LogP contribution in [0.2, 0.25) is 0 Å². The van der Waals surface area contributed by atoms with Crippen LogP contribution in [0.4, 0.5) is 5.69 Å². The first-order chi connectivity index (χ1) is 9.66. The Hall–Kier alpha value is -1.07. The SMILES string of the molecule is NC(=O)c1ccc(N2CCCC2C2CCCN2)cc1Br. The van der Waals surface area contributed by atoms with Gasteiger partial charge in [0.2, 0.25) is 5.91 Å². The van der Waals surface area contributed by atoms with Crippen LogP contribution in [0.25, 0.3) is 0 Å². The highest BCUT2D eigenvalue weighted by atomic mass is 79.9. The molecule has 1 aromatic rings. The second-order valence-electron chi connectivity index (χ2n) is 5.63. The molecule has 0 aromatic heterocycles. The molecule has 3 rings (SSSR count). The number of anilines is 1. The number of halogens is 1. The van der Waals surface area contributed by atoms with Crippen LogP contribution in [-0.2, 0) is 0 Å². The summed E-state index contributed by atoms with van der Waals surface area (Å²) in [5.74, 6) is -0.390. The van der Waals surface area contributed by atoms with Gasteiger partial charge in [0.1, 0.15) is 0 Å². The average Bonchev–Trinajstić information content (AvgIpc) is 3.09. The standard InChI is InChI=1S/C15H20BrN3O/c16-12-9-10(5-6-11(12)15(17)20)19-8-2-4-14(19)13-3-1-7-18-13/h5-6,9,13-14,18H,1-4,7-8H2,(H2,17,20). The Bertz CT molecular complexity index is 514. The molecule has 0 spiro atoms. The molecular weight excluding hydrogens is 318 g/mol. The third-order valence-corrected chi connectivity index (χ3v) is 5.07. The van der Waals surface area contributed by atoms with Crippen molar-refractivity contribution < 1.29 is 4.79 Å². The van der Waals surface area contributed by atoms with Crippen LogP contribution in [0.15, 0.2) is 22.7 Å². The van der Waals surface area contributed by atoms with Gasteiger partial charge in [0, 0.05) is 28.8 Å². The van der Waals surface area contributed by atoms with Gasteiger partial charge in [-0.25, -0.2) is 0 Å². The van der Waals surface area contributed by atoms with Crippen LogP contribution in [0, 0.1) is 0 Å². The molecule has 4 nitrogen and oxygen atoms in total. The first-order valence-corrected chi connectivity index (χ1v) is 8.05. The molecule has 5 heteroatoms. The number of carbonyl (C=O) groups is 1. The average molecular weight is 338 g/mol. The fourth-order valence-corrected chi connectivity index (χ4v) is 4.02. The van der Waals surface area contributed by atoms with Crippen LogP contribution < -0.4 is 16.0 Å². The van der Waals surface area contributed by atoms with Crippen LogP contribution >= 0.6 is 15.9 Å². The lowest BCUT2D eigenvalue weighted by Crippen LogP contribution is -2.44. The number of nitrogens with two attached hydrogens (primary N) is 1. The predicted molar refractivity (Wildman–Crippen MR) is 84.1 cm³/mol. The third-order valence-electron chi connectivity index (χ3n) is 4.41. The maximum absolute atomic E-state index is 11.3. The monoisotopic (exact) mass is 337 g/mol. The van der Waals surface area contributed by atoms with Crippen molar-refractivity contribution in [1.82, 2.24) is 5.32 Å². The fourth-order valence-electron chi connectivity index (χ4n) is 3.45. The van der Waals surface area contributed by atoms with Gasteiger partial charge in [0.15, 0.2) is 0 Å². The second kappa shape index (κ2) is 5.74. The highest BCUT2D eigenvalue weighted by Gasteiger charge is 2.33. The normalized spacial score (nSPS) is 26.1. The minimum Gasteiger partial charge on any atom is -0.367 e. The van der Waals surface area contributed by atoms with Crippen molar-refractivity contribution in [1.29, 1.82) is 0 Å². The van der Waals surface area contributed by atoms with Gasteiger partial charge in [0.05, 0.1) is 5.56 Å². The summed E-state index contributed by atoms with van der Waals surface area (Å²) in [5.41, 5.74) is 7.08. The Morgan fingerprint density at radius 1 is 1.35 bits per heavy atom. The maximum Gasteiger partial charge on any atom is 0.249 e. The summed E-state index contributed by atoms with van der Waals surface area (Å²) in [7, 11) is 0. The number of hydrogen-bond donors (Lipinski definition) is 2. The zero-order valence-electron chi connectivity index (χ0n) is 11.4. The van der Waals surface area contributed by atoms with E-state index >= 15 is 0 Å². The number of primary amides is 1. The van der Waals surface area contributed by atoms with E-state index < -0.39 is 0 Å². The Labute approximate surface area is 127 Å². The number of benzene rings is 1.